The lowest BCUT2D eigenvalue weighted by Gasteiger charge is -2.06. The van der Waals surface area contributed by atoms with E-state index in [1.54, 1.807) is 6.92 Å². The highest BCUT2D eigenvalue weighted by molar-refractivity contribution is 9.10. The van der Waals surface area contributed by atoms with Crippen molar-refractivity contribution in [1.82, 2.24) is 4.98 Å². The van der Waals surface area contributed by atoms with Gasteiger partial charge in [-0.3, -0.25) is 9.78 Å². The predicted molar refractivity (Wildman–Crippen MR) is 57.2 cm³/mol. The lowest BCUT2D eigenvalue weighted by atomic mass is 10.2. The molecule has 0 spiro atoms. The zero-order valence-electron chi connectivity index (χ0n) is 8.54. The van der Waals surface area contributed by atoms with Gasteiger partial charge < -0.3 is 4.74 Å². The van der Waals surface area contributed by atoms with Crippen LogP contribution in [0.5, 0.6) is 0 Å². The third-order valence-corrected chi connectivity index (χ3v) is 2.47. The molecule has 0 radical (unpaired) electrons. The number of ether oxygens (including phenoxy) is 1. The van der Waals surface area contributed by atoms with Gasteiger partial charge in [0, 0.05) is 16.2 Å². The zero-order chi connectivity index (χ0) is 12.1. The number of carbonyl (C=O) groups is 1. The van der Waals surface area contributed by atoms with Crippen molar-refractivity contribution in [1.29, 1.82) is 0 Å². The van der Waals surface area contributed by atoms with E-state index in [2.05, 4.69) is 20.9 Å². The Hall–Kier alpha value is -1.04. The van der Waals surface area contributed by atoms with Crippen LogP contribution in [0.4, 0.5) is 8.78 Å². The van der Waals surface area contributed by atoms with Crippen LogP contribution in [-0.2, 0) is 16.0 Å². The molecule has 0 bridgehead atoms. The van der Waals surface area contributed by atoms with Crippen molar-refractivity contribution in [3.63, 3.8) is 0 Å². The molecule has 0 amide bonds. The first-order chi connectivity index (χ1) is 7.54. The molecule has 0 aliphatic heterocycles. The van der Waals surface area contributed by atoms with Crippen LogP contribution in [0.2, 0.25) is 0 Å². The van der Waals surface area contributed by atoms with Crippen molar-refractivity contribution in [3.8, 4) is 0 Å². The van der Waals surface area contributed by atoms with E-state index in [0.717, 1.165) is 0 Å². The maximum Gasteiger partial charge on any atom is 0.311 e. The SMILES string of the molecule is CCOC(=O)Cc1cc(C(F)F)c(Br)cn1. The Bertz CT molecular complexity index is 385. The van der Waals surface area contributed by atoms with Crippen LogP contribution in [0.15, 0.2) is 16.7 Å². The second kappa shape index (κ2) is 5.89. The summed E-state index contributed by atoms with van der Waals surface area (Å²) in [6.07, 6.45) is -1.44. The molecule has 1 heterocycles. The van der Waals surface area contributed by atoms with E-state index >= 15 is 0 Å². The number of hydrogen-bond acceptors (Lipinski definition) is 3. The molecule has 0 aromatic carbocycles. The Morgan fingerprint density at radius 2 is 2.31 bits per heavy atom. The molecule has 0 saturated heterocycles. The van der Waals surface area contributed by atoms with E-state index in [1.807, 2.05) is 0 Å². The summed E-state index contributed by atoms with van der Waals surface area (Å²) in [5.41, 5.74) is 0.103. The molecule has 0 atom stereocenters. The maximum atomic E-state index is 12.5. The Kier molecular flexibility index (Phi) is 4.79. The van der Waals surface area contributed by atoms with Gasteiger partial charge >= 0.3 is 5.97 Å². The molecule has 0 aliphatic rings. The van der Waals surface area contributed by atoms with Gasteiger partial charge in [0.05, 0.1) is 18.7 Å². The standard InChI is InChI=1S/C10H10BrF2NO2/c1-2-16-9(15)4-6-3-7(10(12)13)8(11)5-14-6/h3,5,10H,2,4H2,1H3. The first-order valence-corrected chi connectivity index (χ1v) is 5.42. The van der Waals surface area contributed by atoms with Gasteiger partial charge in [-0.15, -0.1) is 0 Å². The van der Waals surface area contributed by atoms with Crippen molar-refractivity contribution in [2.45, 2.75) is 19.8 Å². The predicted octanol–water partition coefficient (Wildman–Crippen LogP) is 2.89. The van der Waals surface area contributed by atoms with E-state index in [-0.39, 0.29) is 28.8 Å². The molecule has 6 heteroatoms. The quantitative estimate of drug-likeness (QED) is 0.802. The fourth-order valence-corrected chi connectivity index (χ4v) is 1.51. The minimum atomic E-state index is -2.60. The third-order valence-electron chi connectivity index (χ3n) is 1.81. The number of esters is 1. The average molecular weight is 294 g/mol. The molecule has 16 heavy (non-hydrogen) atoms. The Morgan fingerprint density at radius 1 is 1.62 bits per heavy atom. The lowest BCUT2D eigenvalue weighted by molar-refractivity contribution is -0.142. The number of hydrogen-bond donors (Lipinski definition) is 0. The highest BCUT2D eigenvalue weighted by Crippen LogP contribution is 2.27. The van der Waals surface area contributed by atoms with Gasteiger partial charge in [0.1, 0.15) is 0 Å². The van der Waals surface area contributed by atoms with Crippen LogP contribution in [-0.4, -0.2) is 17.6 Å². The normalized spacial score (nSPS) is 10.6. The number of pyridine rings is 1. The Balaban J connectivity index is 2.82. The maximum absolute atomic E-state index is 12.5. The number of alkyl halides is 2. The second-order valence-corrected chi connectivity index (χ2v) is 3.83. The van der Waals surface area contributed by atoms with Gasteiger partial charge in [-0.1, -0.05) is 0 Å². The number of carbonyl (C=O) groups excluding carboxylic acids is 1. The Morgan fingerprint density at radius 3 is 2.88 bits per heavy atom. The molecule has 0 fully saturated rings. The fourth-order valence-electron chi connectivity index (χ4n) is 1.12. The molecular weight excluding hydrogens is 284 g/mol. The Labute approximate surface area is 99.9 Å². The molecule has 0 N–H and O–H groups in total. The summed E-state index contributed by atoms with van der Waals surface area (Å²) in [5, 5.41) is 0. The van der Waals surface area contributed by atoms with Crippen LogP contribution in [0.3, 0.4) is 0 Å². The first-order valence-electron chi connectivity index (χ1n) is 4.62. The van der Waals surface area contributed by atoms with Gasteiger partial charge in [-0.05, 0) is 28.9 Å². The summed E-state index contributed by atoms with van der Waals surface area (Å²) in [6.45, 7) is 1.94. The number of rotatable bonds is 4. The summed E-state index contributed by atoms with van der Waals surface area (Å²) in [7, 11) is 0. The van der Waals surface area contributed by atoms with Crippen molar-refractivity contribution >= 4 is 21.9 Å². The third kappa shape index (κ3) is 3.52. The molecular formula is C10H10BrF2NO2. The van der Waals surface area contributed by atoms with Crippen LogP contribution in [0.1, 0.15) is 24.6 Å². The highest BCUT2D eigenvalue weighted by atomic mass is 79.9. The second-order valence-electron chi connectivity index (χ2n) is 2.98. The van der Waals surface area contributed by atoms with Crippen LogP contribution < -0.4 is 0 Å². The van der Waals surface area contributed by atoms with E-state index in [0.29, 0.717) is 0 Å². The van der Waals surface area contributed by atoms with E-state index in [9.17, 15) is 13.6 Å². The topological polar surface area (TPSA) is 39.2 Å². The van der Waals surface area contributed by atoms with Gasteiger partial charge in [0.2, 0.25) is 0 Å². The van der Waals surface area contributed by atoms with E-state index in [4.69, 9.17) is 4.74 Å². The van der Waals surface area contributed by atoms with Crippen molar-refractivity contribution in [3.05, 3.63) is 28.0 Å². The molecule has 88 valence electrons. The van der Waals surface area contributed by atoms with Crippen molar-refractivity contribution < 1.29 is 18.3 Å². The zero-order valence-corrected chi connectivity index (χ0v) is 10.1. The summed E-state index contributed by atoms with van der Waals surface area (Å²) in [6, 6.07) is 1.20. The largest absolute Gasteiger partial charge is 0.466 e. The summed E-state index contributed by atoms with van der Waals surface area (Å²) < 4.78 is 30.0. The van der Waals surface area contributed by atoms with Gasteiger partial charge in [0.25, 0.3) is 6.43 Å². The summed E-state index contributed by atoms with van der Waals surface area (Å²) in [4.78, 5) is 15.0. The van der Waals surface area contributed by atoms with Crippen molar-refractivity contribution in [2.24, 2.45) is 0 Å². The monoisotopic (exact) mass is 293 g/mol. The minimum Gasteiger partial charge on any atom is -0.466 e. The molecule has 0 saturated carbocycles. The summed E-state index contributed by atoms with van der Waals surface area (Å²) >= 11 is 2.97. The van der Waals surface area contributed by atoms with E-state index < -0.39 is 12.4 Å². The number of halogens is 3. The molecule has 1 aromatic rings. The first kappa shape index (κ1) is 13.0. The van der Waals surface area contributed by atoms with Gasteiger partial charge in [-0.25, -0.2) is 8.78 Å². The average Bonchev–Trinajstić information content (AvgIpc) is 2.21. The van der Waals surface area contributed by atoms with Crippen LogP contribution in [0, 0.1) is 0 Å². The highest BCUT2D eigenvalue weighted by Gasteiger charge is 2.14. The minimum absolute atomic E-state index is 0.0964. The molecule has 0 aliphatic carbocycles. The number of nitrogens with zero attached hydrogens (tertiary/aromatic N) is 1. The fraction of sp³-hybridized carbons (Fsp3) is 0.400. The molecule has 1 rings (SSSR count). The number of aromatic nitrogens is 1. The lowest BCUT2D eigenvalue weighted by Crippen LogP contribution is -2.09. The molecule has 0 unspecified atom stereocenters. The van der Waals surface area contributed by atoms with Gasteiger partial charge in [-0.2, -0.15) is 0 Å². The molecule has 3 nitrogen and oxygen atoms in total. The van der Waals surface area contributed by atoms with Crippen LogP contribution in [0.25, 0.3) is 0 Å². The smallest absolute Gasteiger partial charge is 0.311 e. The van der Waals surface area contributed by atoms with E-state index in [1.165, 1.54) is 12.3 Å². The van der Waals surface area contributed by atoms with Crippen LogP contribution >= 0.6 is 15.9 Å². The summed E-state index contributed by atoms with van der Waals surface area (Å²) in [5.74, 6) is -0.475. The van der Waals surface area contributed by atoms with Crippen molar-refractivity contribution in [2.75, 3.05) is 6.61 Å². The molecule has 1 aromatic heterocycles. The van der Waals surface area contributed by atoms with Gasteiger partial charge in [0.15, 0.2) is 0 Å².